The molecule has 0 unspecified atom stereocenters. The fraction of sp³-hybridized carbons (Fsp3) is 0.333. The number of methoxy groups -OCH3 is 1. The average molecular weight is 284 g/mol. The molecule has 0 saturated carbocycles. The van der Waals surface area contributed by atoms with Gasteiger partial charge in [0, 0.05) is 0 Å². The molecule has 0 spiro atoms. The Kier molecular flexibility index (Phi) is 4.00. The smallest absolute Gasteiger partial charge is 0.231 e. The van der Waals surface area contributed by atoms with Crippen molar-refractivity contribution in [3.05, 3.63) is 53.1 Å². The van der Waals surface area contributed by atoms with Gasteiger partial charge < -0.3 is 14.2 Å². The summed E-state index contributed by atoms with van der Waals surface area (Å²) in [6.07, 6.45) is 3.08. The van der Waals surface area contributed by atoms with Crippen molar-refractivity contribution in [2.75, 3.05) is 13.9 Å². The standard InChI is InChI=1S/C18H20O3/c1-3-4-14-10-17-18(21-12-20-17)11-15(14)9-13-5-7-16(19-2)8-6-13/h5-8,10-11H,3-4,9,12H2,1-2H3. The van der Waals surface area contributed by atoms with Gasteiger partial charge in [0.15, 0.2) is 11.5 Å². The Balaban J connectivity index is 1.89. The second-order valence-electron chi connectivity index (χ2n) is 5.25. The van der Waals surface area contributed by atoms with Gasteiger partial charge in [0.2, 0.25) is 6.79 Å². The number of rotatable bonds is 5. The van der Waals surface area contributed by atoms with Gasteiger partial charge in [-0.25, -0.2) is 0 Å². The third-order valence-electron chi connectivity index (χ3n) is 3.77. The van der Waals surface area contributed by atoms with Crippen LogP contribution in [0.15, 0.2) is 36.4 Å². The van der Waals surface area contributed by atoms with Crippen molar-refractivity contribution in [1.82, 2.24) is 0 Å². The van der Waals surface area contributed by atoms with E-state index < -0.39 is 0 Å². The van der Waals surface area contributed by atoms with Crippen LogP contribution in [0.3, 0.4) is 0 Å². The van der Waals surface area contributed by atoms with Gasteiger partial charge in [0.25, 0.3) is 0 Å². The fourth-order valence-corrected chi connectivity index (χ4v) is 2.66. The van der Waals surface area contributed by atoms with Crippen LogP contribution >= 0.6 is 0 Å². The molecule has 0 aromatic heterocycles. The van der Waals surface area contributed by atoms with Gasteiger partial charge in [-0.3, -0.25) is 0 Å². The number of ether oxygens (including phenoxy) is 3. The van der Waals surface area contributed by atoms with Crippen LogP contribution in [0.1, 0.15) is 30.0 Å². The molecule has 2 aromatic carbocycles. The zero-order valence-electron chi connectivity index (χ0n) is 12.5. The van der Waals surface area contributed by atoms with Crippen molar-refractivity contribution in [2.24, 2.45) is 0 Å². The van der Waals surface area contributed by atoms with E-state index in [9.17, 15) is 0 Å². The second-order valence-corrected chi connectivity index (χ2v) is 5.25. The summed E-state index contributed by atoms with van der Waals surface area (Å²) < 4.78 is 16.2. The minimum absolute atomic E-state index is 0.326. The van der Waals surface area contributed by atoms with Gasteiger partial charge in [-0.1, -0.05) is 25.5 Å². The lowest BCUT2D eigenvalue weighted by Gasteiger charge is -2.11. The molecule has 0 fully saturated rings. The van der Waals surface area contributed by atoms with Crippen LogP contribution in [0, 0.1) is 0 Å². The topological polar surface area (TPSA) is 27.7 Å². The summed E-state index contributed by atoms with van der Waals surface area (Å²) in [5.74, 6) is 2.62. The van der Waals surface area contributed by atoms with Crippen molar-refractivity contribution in [3.63, 3.8) is 0 Å². The van der Waals surface area contributed by atoms with Crippen LogP contribution < -0.4 is 14.2 Å². The van der Waals surface area contributed by atoms with E-state index in [1.165, 1.54) is 16.7 Å². The maximum Gasteiger partial charge on any atom is 0.231 e. The predicted molar refractivity (Wildman–Crippen MR) is 82.4 cm³/mol. The van der Waals surface area contributed by atoms with Crippen LogP contribution in [0.25, 0.3) is 0 Å². The molecule has 0 N–H and O–H groups in total. The fourth-order valence-electron chi connectivity index (χ4n) is 2.66. The Morgan fingerprint density at radius 1 is 1.00 bits per heavy atom. The number of fused-ring (bicyclic) bond motifs is 1. The van der Waals surface area contributed by atoms with Gasteiger partial charge >= 0.3 is 0 Å². The molecule has 3 heteroatoms. The minimum Gasteiger partial charge on any atom is -0.497 e. The lowest BCUT2D eigenvalue weighted by Crippen LogP contribution is -1.96. The van der Waals surface area contributed by atoms with E-state index >= 15 is 0 Å². The molecule has 0 aliphatic carbocycles. The van der Waals surface area contributed by atoms with Gasteiger partial charge in [-0.15, -0.1) is 0 Å². The zero-order chi connectivity index (χ0) is 14.7. The van der Waals surface area contributed by atoms with Crippen LogP contribution in [-0.4, -0.2) is 13.9 Å². The summed E-state index contributed by atoms with van der Waals surface area (Å²) in [5.41, 5.74) is 3.93. The Morgan fingerprint density at radius 3 is 2.29 bits per heavy atom. The van der Waals surface area contributed by atoms with Crippen molar-refractivity contribution < 1.29 is 14.2 Å². The SMILES string of the molecule is CCCc1cc2c(cc1Cc1ccc(OC)cc1)OCO2. The summed E-state index contributed by atoms with van der Waals surface area (Å²) in [6, 6.07) is 12.5. The first kappa shape index (κ1) is 13.8. The molecule has 2 aromatic rings. The molecule has 1 aliphatic heterocycles. The maximum atomic E-state index is 5.50. The highest BCUT2D eigenvalue weighted by Gasteiger charge is 2.17. The van der Waals surface area contributed by atoms with Crippen molar-refractivity contribution in [1.29, 1.82) is 0 Å². The lowest BCUT2D eigenvalue weighted by atomic mass is 9.96. The number of hydrogen-bond acceptors (Lipinski definition) is 3. The molecular formula is C18H20O3. The first-order chi connectivity index (χ1) is 10.3. The highest BCUT2D eigenvalue weighted by Crippen LogP contribution is 2.36. The molecule has 1 aliphatic rings. The third-order valence-corrected chi connectivity index (χ3v) is 3.77. The molecule has 21 heavy (non-hydrogen) atoms. The predicted octanol–water partition coefficient (Wildman–Crippen LogP) is 3.97. The van der Waals surface area contributed by atoms with Crippen LogP contribution in [-0.2, 0) is 12.8 Å². The summed E-state index contributed by atoms with van der Waals surface area (Å²) >= 11 is 0. The van der Waals surface area contributed by atoms with E-state index in [4.69, 9.17) is 14.2 Å². The molecule has 0 amide bonds. The van der Waals surface area contributed by atoms with Crippen LogP contribution in [0.5, 0.6) is 17.2 Å². The highest BCUT2D eigenvalue weighted by atomic mass is 16.7. The minimum atomic E-state index is 0.326. The number of aryl methyl sites for hydroxylation is 1. The van der Waals surface area contributed by atoms with E-state index in [0.717, 1.165) is 36.5 Å². The van der Waals surface area contributed by atoms with Crippen LogP contribution in [0.4, 0.5) is 0 Å². The molecule has 3 nitrogen and oxygen atoms in total. The molecule has 0 atom stereocenters. The van der Waals surface area contributed by atoms with Crippen LogP contribution in [0.2, 0.25) is 0 Å². The lowest BCUT2D eigenvalue weighted by molar-refractivity contribution is 0.174. The molecule has 1 heterocycles. The normalized spacial score (nSPS) is 12.5. The van der Waals surface area contributed by atoms with E-state index in [-0.39, 0.29) is 0 Å². The van der Waals surface area contributed by atoms with Gasteiger partial charge in [-0.2, -0.15) is 0 Å². The monoisotopic (exact) mass is 284 g/mol. The highest BCUT2D eigenvalue weighted by molar-refractivity contribution is 5.50. The largest absolute Gasteiger partial charge is 0.497 e. The number of hydrogen-bond donors (Lipinski definition) is 0. The number of benzene rings is 2. The molecule has 0 saturated heterocycles. The van der Waals surface area contributed by atoms with Gasteiger partial charge in [-0.05, 0) is 53.8 Å². The van der Waals surface area contributed by atoms with E-state index in [1.54, 1.807) is 7.11 Å². The van der Waals surface area contributed by atoms with Crippen molar-refractivity contribution in [3.8, 4) is 17.2 Å². The Bertz CT molecular complexity index is 617. The maximum absolute atomic E-state index is 5.50. The van der Waals surface area contributed by atoms with Crippen molar-refractivity contribution >= 4 is 0 Å². The summed E-state index contributed by atoms with van der Waals surface area (Å²) in [5, 5.41) is 0. The third kappa shape index (κ3) is 2.97. The van der Waals surface area contributed by atoms with E-state index in [0.29, 0.717) is 6.79 Å². The van der Waals surface area contributed by atoms with Crippen molar-refractivity contribution in [2.45, 2.75) is 26.2 Å². The molecule has 0 bridgehead atoms. The quantitative estimate of drug-likeness (QED) is 0.831. The molecule has 0 radical (unpaired) electrons. The molecule has 3 rings (SSSR count). The van der Waals surface area contributed by atoms with Gasteiger partial charge in [0.1, 0.15) is 5.75 Å². The summed E-state index contributed by atoms with van der Waals surface area (Å²) in [6.45, 7) is 2.52. The Morgan fingerprint density at radius 2 is 1.67 bits per heavy atom. The second kappa shape index (κ2) is 6.08. The summed E-state index contributed by atoms with van der Waals surface area (Å²) in [4.78, 5) is 0. The Labute approximate surface area is 125 Å². The first-order valence-electron chi connectivity index (χ1n) is 7.34. The Hall–Kier alpha value is -2.16. The van der Waals surface area contributed by atoms with E-state index in [1.807, 2.05) is 12.1 Å². The zero-order valence-corrected chi connectivity index (χ0v) is 12.5. The first-order valence-corrected chi connectivity index (χ1v) is 7.34. The van der Waals surface area contributed by atoms with Gasteiger partial charge in [0.05, 0.1) is 7.11 Å². The average Bonchev–Trinajstić information content (AvgIpc) is 2.96. The molecule has 110 valence electrons. The summed E-state index contributed by atoms with van der Waals surface area (Å²) in [7, 11) is 1.69. The molecular weight excluding hydrogens is 264 g/mol. The van der Waals surface area contributed by atoms with E-state index in [2.05, 4.69) is 31.2 Å².